The van der Waals surface area contributed by atoms with Crippen LogP contribution >= 0.6 is 0 Å². The molecule has 0 saturated carbocycles. The van der Waals surface area contributed by atoms with E-state index in [-0.39, 0.29) is 0 Å². The van der Waals surface area contributed by atoms with Crippen LogP contribution in [0.5, 0.6) is 0 Å². The van der Waals surface area contributed by atoms with Crippen LogP contribution < -0.4 is 9.80 Å². The number of aromatic nitrogens is 1. The fraction of sp³-hybridized carbons (Fsp3) is 0.333. The zero-order valence-electron chi connectivity index (χ0n) is 37.7. The number of benzene rings is 5. The summed E-state index contributed by atoms with van der Waals surface area (Å²) in [6.45, 7) is 36.8. The van der Waals surface area contributed by atoms with Gasteiger partial charge < -0.3 is 9.80 Å². The molecule has 6 aromatic rings. The highest BCUT2D eigenvalue weighted by molar-refractivity contribution is 6.03. The van der Waals surface area contributed by atoms with Gasteiger partial charge in [-0.3, -0.25) is 4.98 Å². The average Bonchev–Trinajstić information content (AvgIpc) is 3.23. The molecule has 4 heteroatoms. The molecule has 2 aliphatic rings. The summed E-state index contributed by atoms with van der Waals surface area (Å²) in [5, 5.41) is 10.00. The predicted octanol–water partition coefficient (Wildman–Crippen LogP) is 14.3. The number of hydrogen-bond donors (Lipinski definition) is 0. The molecule has 0 aliphatic carbocycles. The van der Waals surface area contributed by atoms with E-state index in [4.69, 9.17) is 4.98 Å². The molecule has 0 saturated heterocycles. The van der Waals surface area contributed by atoms with Gasteiger partial charge in [0.05, 0.1) is 58.2 Å². The fourth-order valence-electron chi connectivity index (χ4n) is 10.4. The summed E-state index contributed by atoms with van der Waals surface area (Å²) in [6.07, 6.45) is 5.99. The quantitative estimate of drug-likeness (QED) is 0.180. The minimum Gasteiger partial charge on any atom is -0.307 e. The number of pyridine rings is 1. The van der Waals surface area contributed by atoms with E-state index in [1.807, 2.05) is 12.1 Å². The minimum atomic E-state index is 0.647. The Hall–Kier alpha value is -5.66. The molecule has 0 bridgehead atoms. The number of anilines is 6. The Kier molecular flexibility index (Phi) is 9.28. The van der Waals surface area contributed by atoms with Crippen LogP contribution in [0.4, 0.5) is 34.1 Å². The average molecular weight is 763 g/mol. The van der Waals surface area contributed by atoms with Crippen LogP contribution in [0.2, 0.25) is 0 Å². The minimum absolute atomic E-state index is 0.647. The lowest BCUT2D eigenvalue weighted by atomic mass is 9.80. The van der Waals surface area contributed by atoms with E-state index in [9.17, 15) is 5.26 Å². The van der Waals surface area contributed by atoms with Crippen molar-refractivity contribution in [3.8, 4) is 17.2 Å². The molecule has 0 N–H and O–H groups in total. The van der Waals surface area contributed by atoms with Gasteiger partial charge in [-0.15, -0.1) is 0 Å². The smallest absolute Gasteiger partial charge is 0.0991 e. The van der Waals surface area contributed by atoms with Crippen LogP contribution in [0.25, 0.3) is 11.1 Å². The summed E-state index contributed by atoms with van der Waals surface area (Å²) in [4.78, 5) is 10.5. The first kappa shape index (κ1) is 39.2. The second kappa shape index (κ2) is 13.7. The molecule has 3 heterocycles. The van der Waals surface area contributed by atoms with E-state index < -0.39 is 0 Å². The van der Waals surface area contributed by atoms with Crippen molar-refractivity contribution >= 4 is 34.1 Å². The second-order valence-corrected chi connectivity index (χ2v) is 17.6. The molecule has 0 unspecified atom stereocenters. The van der Waals surface area contributed by atoms with E-state index in [1.165, 1.54) is 134 Å². The van der Waals surface area contributed by atoms with E-state index in [0.29, 0.717) is 5.56 Å². The third-order valence-corrected chi connectivity index (χ3v) is 15.4. The molecule has 8 rings (SSSR count). The Labute approximate surface area is 347 Å². The lowest BCUT2D eigenvalue weighted by molar-refractivity contribution is 0.986. The highest BCUT2D eigenvalue weighted by Gasteiger charge is 2.38. The molecular formula is C54H58N4. The van der Waals surface area contributed by atoms with Crippen LogP contribution in [-0.2, 0) is 12.8 Å². The molecule has 0 radical (unpaired) electrons. The van der Waals surface area contributed by atoms with E-state index in [1.54, 1.807) is 0 Å². The van der Waals surface area contributed by atoms with Gasteiger partial charge in [-0.1, -0.05) is 12.1 Å². The zero-order chi connectivity index (χ0) is 42.0. The Morgan fingerprint density at radius 2 is 0.672 bits per heavy atom. The third-order valence-electron chi connectivity index (χ3n) is 15.4. The van der Waals surface area contributed by atoms with Crippen molar-refractivity contribution in [2.45, 2.75) is 124 Å². The van der Waals surface area contributed by atoms with Crippen LogP contribution in [0.15, 0.2) is 36.7 Å². The Bertz CT molecular complexity index is 2540. The Morgan fingerprint density at radius 1 is 0.397 bits per heavy atom. The first-order valence-corrected chi connectivity index (χ1v) is 20.9. The van der Waals surface area contributed by atoms with Crippen molar-refractivity contribution in [1.82, 2.24) is 4.98 Å². The van der Waals surface area contributed by atoms with Crippen molar-refractivity contribution in [2.24, 2.45) is 0 Å². The zero-order valence-corrected chi connectivity index (χ0v) is 37.7. The van der Waals surface area contributed by atoms with Gasteiger partial charge in [0.1, 0.15) is 0 Å². The lowest BCUT2D eigenvalue weighted by Crippen LogP contribution is -2.27. The molecule has 2 aliphatic heterocycles. The number of rotatable bonds is 3. The standard InChI is InChI=1S/C54H58N4/c1-26-30(5)38(13)51-44(34(26)9)21-45-35(10)27(2)31(6)39(14)52(45)57(51)48-24-56-25-49(50(48)43-19-17-42(23-55)18-20-43)58-53-40(15)32(7)28(3)36(11)46(53)22-47-37(12)29(4)33(8)41(16)54(47)58/h17-20,24-25H,21-22H2,1-16H3. The van der Waals surface area contributed by atoms with Crippen LogP contribution in [0.1, 0.15) is 117 Å². The number of nitriles is 1. The molecule has 0 amide bonds. The summed E-state index contributed by atoms with van der Waals surface area (Å²) < 4.78 is 0. The van der Waals surface area contributed by atoms with Crippen molar-refractivity contribution < 1.29 is 0 Å². The molecule has 0 atom stereocenters. The summed E-state index contributed by atoms with van der Waals surface area (Å²) >= 11 is 0. The van der Waals surface area contributed by atoms with Crippen molar-refractivity contribution in [2.75, 3.05) is 9.80 Å². The summed E-state index contributed by atoms with van der Waals surface area (Å²) in [5.41, 5.74) is 37.0. The lowest BCUT2D eigenvalue weighted by Gasteiger charge is -2.43. The number of fused-ring (bicyclic) bond motifs is 4. The van der Waals surface area contributed by atoms with Crippen LogP contribution in [0.3, 0.4) is 0 Å². The molecule has 4 nitrogen and oxygen atoms in total. The predicted molar refractivity (Wildman–Crippen MR) is 245 cm³/mol. The highest BCUT2D eigenvalue weighted by Crippen LogP contribution is 2.58. The Morgan fingerprint density at radius 3 is 0.948 bits per heavy atom. The summed E-state index contributed by atoms with van der Waals surface area (Å²) in [6, 6.07) is 10.6. The Balaban J connectivity index is 1.60. The maximum Gasteiger partial charge on any atom is 0.0991 e. The molecule has 294 valence electrons. The van der Waals surface area contributed by atoms with E-state index in [0.717, 1.165) is 35.3 Å². The van der Waals surface area contributed by atoms with E-state index >= 15 is 0 Å². The van der Waals surface area contributed by atoms with Gasteiger partial charge >= 0.3 is 0 Å². The normalized spacial score (nSPS) is 12.9. The number of nitrogens with zero attached hydrogens (tertiary/aromatic N) is 4. The van der Waals surface area contributed by atoms with Gasteiger partial charge in [-0.2, -0.15) is 5.26 Å². The topological polar surface area (TPSA) is 43.2 Å². The molecule has 0 fully saturated rings. The van der Waals surface area contributed by atoms with Crippen molar-refractivity contribution in [3.63, 3.8) is 0 Å². The number of hydrogen-bond acceptors (Lipinski definition) is 4. The van der Waals surface area contributed by atoms with Crippen molar-refractivity contribution in [3.05, 3.63) is 153 Å². The van der Waals surface area contributed by atoms with Gasteiger partial charge in [-0.05, 0) is 240 Å². The molecule has 58 heavy (non-hydrogen) atoms. The fourth-order valence-corrected chi connectivity index (χ4v) is 10.4. The van der Waals surface area contributed by atoms with Gasteiger partial charge in [0.15, 0.2) is 0 Å². The van der Waals surface area contributed by atoms with E-state index in [2.05, 4.69) is 151 Å². The SMILES string of the molecule is Cc1c(C)c(C)c2c(c1C)Cc1c(C)c(C)c(C)c(C)c1N2c1cncc(N2c3c(C)c(C)c(C)c(C)c3Cc3c(C)c(C)c(C)c(C)c32)c1-c1ccc(C#N)cc1. The molecule has 1 aromatic heterocycles. The monoisotopic (exact) mass is 762 g/mol. The van der Waals surface area contributed by atoms with Gasteiger partial charge in [0.25, 0.3) is 0 Å². The molecule has 5 aromatic carbocycles. The second-order valence-electron chi connectivity index (χ2n) is 17.6. The van der Waals surface area contributed by atoms with Gasteiger partial charge in [0.2, 0.25) is 0 Å². The molecular weight excluding hydrogens is 705 g/mol. The van der Waals surface area contributed by atoms with Crippen LogP contribution in [-0.4, -0.2) is 4.98 Å². The van der Waals surface area contributed by atoms with Crippen LogP contribution in [0, 0.1) is 122 Å². The highest BCUT2D eigenvalue weighted by atomic mass is 15.2. The maximum atomic E-state index is 10.00. The van der Waals surface area contributed by atoms with Crippen molar-refractivity contribution in [1.29, 1.82) is 5.26 Å². The van der Waals surface area contributed by atoms with Gasteiger partial charge in [0, 0.05) is 18.4 Å². The third kappa shape index (κ3) is 5.28. The largest absolute Gasteiger partial charge is 0.307 e. The summed E-state index contributed by atoms with van der Waals surface area (Å²) in [5.74, 6) is 0. The first-order valence-electron chi connectivity index (χ1n) is 20.9. The maximum absolute atomic E-state index is 10.00. The summed E-state index contributed by atoms with van der Waals surface area (Å²) in [7, 11) is 0. The first-order chi connectivity index (χ1) is 27.4. The van der Waals surface area contributed by atoms with Gasteiger partial charge in [-0.25, -0.2) is 0 Å². The molecule has 0 spiro atoms.